The van der Waals surface area contributed by atoms with Gasteiger partial charge in [-0.1, -0.05) is 18.5 Å². The van der Waals surface area contributed by atoms with Crippen LogP contribution in [-0.2, 0) is 9.59 Å². The highest BCUT2D eigenvalue weighted by atomic mass is 35.5. The summed E-state index contributed by atoms with van der Waals surface area (Å²) in [6.45, 7) is 12.9. The maximum atomic E-state index is 13.1. The fraction of sp³-hybridized carbons (Fsp3) is 0.393. The van der Waals surface area contributed by atoms with Crippen LogP contribution in [0.2, 0.25) is 5.02 Å². The third-order valence-electron chi connectivity index (χ3n) is 6.77. The molecule has 1 saturated heterocycles. The van der Waals surface area contributed by atoms with Crippen molar-refractivity contribution < 1.29 is 14.4 Å². The average Bonchev–Trinajstić information content (AvgIpc) is 3.03. The van der Waals surface area contributed by atoms with Gasteiger partial charge in [-0.05, 0) is 118 Å². The number of fused-ring (bicyclic) bond motifs is 1. The number of thioether (sulfide) groups is 1. The van der Waals surface area contributed by atoms with E-state index >= 15 is 0 Å². The van der Waals surface area contributed by atoms with Gasteiger partial charge in [-0.3, -0.25) is 19.3 Å². The molecule has 1 fully saturated rings. The molecule has 0 unspecified atom stereocenters. The van der Waals surface area contributed by atoms with Gasteiger partial charge in [0.2, 0.25) is 5.91 Å². The monoisotopic (exact) mass is 525 g/mol. The number of nitrogens with one attached hydrogen (secondary N) is 1. The molecule has 2 aromatic rings. The molecule has 0 aromatic heterocycles. The fourth-order valence-corrected chi connectivity index (χ4v) is 6.36. The van der Waals surface area contributed by atoms with Crippen molar-refractivity contribution in [1.82, 2.24) is 4.90 Å². The smallest absolute Gasteiger partial charge is 0.294 e. The molecule has 190 valence electrons. The SMILES string of the molecule is Cc1cc2c(cc1/C=C1\SC(=O)N(CC(=O)Nc3ccc(Cl)cc3)C1=O)[C@@H](C)CC(C)(C)N2C(C)C. The van der Waals surface area contributed by atoms with Crippen LogP contribution in [-0.4, -0.2) is 40.1 Å². The van der Waals surface area contributed by atoms with Crippen molar-refractivity contribution in [3.8, 4) is 0 Å². The van der Waals surface area contributed by atoms with E-state index in [1.807, 2.05) is 6.92 Å². The molecular formula is C28H32ClN3O3S. The first-order valence-corrected chi connectivity index (χ1v) is 13.3. The zero-order valence-electron chi connectivity index (χ0n) is 21.5. The van der Waals surface area contributed by atoms with Crippen molar-refractivity contribution in [2.24, 2.45) is 0 Å². The maximum absolute atomic E-state index is 13.1. The van der Waals surface area contributed by atoms with Crippen molar-refractivity contribution in [1.29, 1.82) is 0 Å². The highest BCUT2D eigenvalue weighted by Crippen LogP contribution is 2.46. The Balaban J connectivity index is 1.56. The quantitative estimate of drug-likeness (QED) is 0.433. The number of aryl methyl sites for hydroxylation is 1. The predicted molar refractivity (Wildman–Crippen MR) is 149 cm³/mol. The van der Waals surface area contributed by atoms with Gasteiger partial charge >= 0.3 is 0 Å². The van der Waals surface area contributed by atoms with Gasteiger partial charge < -0.3 is 10.2 Å². The lowest BCUT2D eigenvalue weighted by Crippen LogP contribution is -2.51. The second kappa shape index (κ2) is 9.94. The van der Waals surface area contributed by atoms with Crippen molar-refractivity contribution in [3.05, 3.63) is 63.0 Å². The number of halogens is 1. The van der Waals surface area contributed by atoms with E-state index in [1.54, 1.807) is 30.3 Å². The second-order valence-electron chi connectivity index (χ2n) is 10.5. The molecule has 2 aromatic carbocycles. The lowest BCUT2D eigenvalue weighted by molar-refractivity contribution is -0.127. The van der Waals surface area contributed by atoms with E-state index in [9.17, 15) is 14.4 Å². The number of carbonyl (C=O) groups excluding carboxylic acids is 3. The van der Waals surface area contributed by atoms with E-state index in [1.165, 1.54) is 11.3 Å². The maximum Gasteiger partial charge on any atom is 0.294 e. The number of anilines is 2. The number of imide groups is 1. The van der Waals surface area contributed by atoms with E-state index in [0.717, 1.165) is 34.2 Å². The topological polar surface area (TPSA) is 69.7 Å². The molecule has 36 heavy (non-hydrogen) atoms. The fourth-order valence-electron chi connectivity index (χ4n) is 5.40. The summed E-state index contributed by atoms with van der Waals surface area (Å²) in [5.74, 6) is -0.535. The van der Waals surface area contributed by atoms with Crippen LogP contribution in [0.5, 0.6) is 0 Å². The van der Waals surface area contributed by atoms with Gasteiger partial charge in [0, 0.05) is 28.0 Å². The first kappa shape index (κ1) is 26.3. The van der Waals surface area contributed by atoms with Crippen molar-refractivity contribution in [3.63, 3.8) is 0 Å². The number of amides is 3. The normalized spacial score (nSPS) is 20.3. The van der Waals surface area contributed by atoms with Crippen molar-refractivity contribution >= 4 is 57.9 Å². The number of hydrogen-bond donors (Lipinski definition) is 1. The molecular weight excluding hydrogens is 494 g/mol. The Hall–Kier alpha value is -2.77. The highest BCUT2D eigenvalue weighted by molar-refractivity contribution is 8.18. The summed E-state index contributed by atoms with van der Waals surface area (Å²) < 4.78 is 0. The first-order chi connectivity index (χ1) is 16.9. The van der Waals surface area contributed by atoms with Crippen LogP contribution in [0.4, 0.5) is 16.2 Å². The average molecular weight is 526 g/mol. The molecule has 3 amide bonds. The second-order valence-corrected chi connectivity index (χ2v) is 11.9. The molecule has 0 aliphatic carbocycles. The minimum absolute atomic E-state index is 0.0454. The zero-order valence-corrected chi connectivity index (χ0v) is 23.1. The van der Waals surface area contributed by atoms with Gasteiger partial charge in [0.05, 0.1) is 4.91 Å². The molecule has 2 aliphatic rings. The molecule has 6 nitrogen and oxygen atoms in total. The van der Waals surface area contributed by atoms with Crippen LogP contribution in [0.25, 0.3) is 6.08 Å². The number of benzene rings is 2. The lowest BCUT2D eigenvalue weighted by Gasteiger charge is -2.50. The predicted octanol–water partition coefficient (Wildman–Crippen LogP) is 6.82. The van der Waals surface area contributed by atoms with E-state index in [2.05, 4.69) is 57.0 Å². The van der Waals surface area contributed by atoms with Gasteiger partial charge in [0.1, 0.15) is 6.54 Å². The van der Waals surface area contributed by atoms with Crippen molar-refractivity contribution in [2.45, 2.75) is 65.5 Å². The lowest BCUT2D eigenvalue weighted by atomic mass is 9.78. The molecule has 2 aliphatic heterocycles. The van der Waals surface area contributed by atoms with Crippen molar-refractivity contribution in [2.75, 3.05) is 16.8 Å². The summed E-state index contributed by atoms with van der Waals surface area (Å²) >= 11 is 6.75. The summed E-state index contributed by atoms with van der Waals surface area (Å²) in [5.41, 5.74) is 5.03. The number of carbonyl (C=O) groups is 3. The van der Waals surface area contributed by atoms with Crippen LogP contribution >= 0.6 is 23.4 Å². The summed E-state index contributed by atoms with van der Waals surface area (Å²) in [4.78, 5) is 41.9. The third-order valence-corrected chi connectivity index (χ3v) is 7.93. The minimum atomic E-state index is -0.452. The molecule has 0 bridgehead atoms. The molecule has 0 spiro atoms. The number of nitrogens with zero attached hydrogens (tertiary/aromatic N) is 2. The number of rotatable bonds is 5. The van der Waals surface area contributed by atoms with Crippen LogP contribution in [0.3, 0.4) is 0 Å². The molecule has 0 saturated carbocycles. The summed E-state index contributed by atoms with van der Waals surface area (Å²) in [5, 5.41) is 2.80. The van der Waals surface area contributed by atoms with Gasteiger partial charge in [0.25, 0.3) is 11.1 Å². The molecule has 2 heterocycles. The summed E-state index contributed by atoms with van der Waals surface area (Å²) in [6.07, 6.45) is 2.81. The molecule has 8 heteroatoms. The molecule has 0 radical (unpaired) electrons. The highest BCUT2D eigenvalue weighted by Gasteiger charge is 2.39. The largest absolute Gasteiger partial charge is 0.364 e. The standard InChI is InChI=1S/C28H32ClN3O3S/c1-16(2)32-23-11-17(3)19(12-22(23)18(4)14-28(32,5)6)13-24-26(34)31(27(35)36-24)15-25(33)30-21-9-7-20(29)8-10-21/h7-13,16,18H,14-15H2,1-6H3,(H,30,33)/b24-13-/t18-/m0/s1. The number of hydrogen-bond acceptors (Lipinski definition) is 5. The Morgan fingerprint density at radius 3 is 2.53 bits per heavy atom. The van der Waals surface area contributed by atoms with Gasteiger partial charge in [0.15, 0.2) is 0 Å². The van der Waals surface area contributed by atoms with Crippen LogP contribution in [0.15, 0.2) is 41.3 Å². The van der Waals surface area contributed by atoms with E-state index in [4.69, 9.17) is 11.6 Å². The Kier molecular flexibility index (Phi) is 7.26. The molecule has 4 rings (SSSR count). The summed E-state index contributed by atoms with van der Waals surface area (Å²) in [6, 6.07) is 11.3. The Bertz CT molecular complexity index is 1250. The Labute approximate surface area is 222 Å². The van der Waals surface area contributed by atoms with Gasteiger partial charge in [-0.25, -0.2) is 0 Å². The molecule has 1 N–H and O–H groups in total. The molecule has 1 atom stereocenters. The van der Waals surface area contributed by atoms with E-state index in [-0.39, 0.29) is 12.1 Å². The third kappa shape index (κ3) is 5.18. The first-order valence-electron chi connectivity index (χ1n) is 12.1. The van der Waals surface area contributed by atoms with Gasteiger partial charge in [-0.2, -0.15) is 0 Å². The Morgan fingerprint density at radius 2 is 1.89 bits per heavy atom. The van der Waals surface area contributed by atoms with E-state index < -0.39 is 17.1 Å². The van der Waals surface area contributed by atoms with Gasteiger partial charge in [-0.15, -0.1) is 0 Å². The van der Waals surface area contributed by atoms with Crippen LogP contribution in [0, 0.1) is 6.92 Å². The zero-order chi connectivity index (χ0) is 26.4. The Morgan fingerprint density at radius 1 is 1.22 bits per heavy atom. The van der Waals surface area contributed by atoms with E-state index in [0.29, 0.717) is 27.6 Å². The minimum Gasteiger partial charge on any atom is -0.364 e. The summed E-state index contributed by atoms with van der Waals surface area (Å²) in [7, 11) is 0. The van der Waals surface area contributed by atoms with Crippen LogP contribution < -0.4 is 10.2 Å². The van der Waals surface area contributed by atoms with Crippen LogP contribution in [0.1, 0.15) is 63.6 Å².